The number of hydrogen-bond acceptors (Lipinski definition) is 2. The fraction of sp³-hybridized carbons (Fsp3) is 0.333. The summed E-state index contributed by atoms with van der Waals surface area (Å²) in [5.74, 6) is -0.510. The van der Waals surface area contributed by atoms with Crippen molar-refractivity contribution in [2.75, 3.05) is 0 Å². The molecule has 3 heteroatoms. The fourth-order valence-corrected chi connectivity index (χ4v) is 1.05. The summed E-state index contributed by atoms with van der Waals surface area (Å²) in [7, 11) is 0. The van der Waals surface area contributed by atoms with E-state index in [1.54, 1.807) is 0 Å². The lowest BCUT2D eigenvalue weighted by molar-refractivity contribution is 0.454. The number of phenolic OH excluding ortho intramolecular Hbond substituents is 1. The minimum absolute atomic E-state index is 0.0654. The van der Waals surface area contributed by atoms with E-state index < -0.39 is 5.82 Å². The van der Waals surface area contributed by atoms with Crippen LogP contribution in [0.1, 0.15) is 24.9 Å². The van der Waals surface area contributed by atoms with E-state index in [1.807, 2.05) is 6.92 Å². The molecule has 12 heavy (non-hydrogen) atoms. The van der Waals surface area contributed by atoms with Crippen LogP contribution in [-0.4, -0.2) is 5.11 Å². The third kappa shape index (κ3) is 1.74. The van der Waals surface area contributed by atoms with Crippen LogP contribution in [0.25, 0.3) is 0 Å². The second-order valence-electron chi connectivity index (χ2n) is 2.72. The number of benzene rings is 1. The van der Waals surface area contributed by atoms with Crippen molar-refractivity contribution in [3.63, 3.8) is 0 Å². The van der Waals surface area contributed by atoms with Crippen molar-refractivity contribution < 1.29 is 9.50 Å². The first-order valence-electron chi connectivity index (χ1n) is 3.89. The molecular formula is C9H12FNO. The van der Waals surface area contributed by atoms with Crippen LogP contribution in [0.2, 0.25) is 0 Å². The van der Waals surface area contributed by atoms with Gasteiger partial charge in [0.05, 0.1) is 0 Å². The van der Waals surface area contributed by atoms with E-state index >= 15 is 0 Å². The van der Waals surface area contributed by atoms with Crippen molar-refractivity contribution in [1.82, 2.24) is 0 Å². The Morgan fingerprint density at radius 2 is 2.25 bits per heavy atom. The molecule has 0 heterocycles. The lowest BCUT2D eigenvalue weighted by atomic mass is 10.0. The van der Waals surface area contributed by atoms with E-state index in [2.05, 4.69) is 0 Å². The first-order valence-corrected chi connectivity index (χ1v) is 3.89. The van der Waals surface area contributed by atoms with Crippen LogP contribution in [0.15, 0.2) is 18.2 Å². The van der Waals surface area contributed by atoms with Gasteiger partial charge >= 0.3 is 0 Å². The molecule has 0 bridgehead atoms. The molecule has 1 aromatic rings. The Balaban J connectivity index is 3.01. The first kappa shape index (κ1) is 9.00. The van der Waals surface area contributed by atoms with Crippen LogP contribution in [-0.2, 0) is 0 Å². The van der Waals surface area contributed by atoms with Gasteiger partial charge in [0.2, 0.25) is 0 Å². The lowest BCUT2D eigenvalue weighted by Gasteiger charge is -2.10. The molecular weight excluding hydrogens is 157 g/mol. The van der Waals surface area contributed by atoms with E-state index in [0.29, 0.717) is 5.56 Å². The first-order chi connectivity index (χ1) is 5.65. The minimum Gasteiger partial charge on any atom is -0.508 e. The molecule has 0 saturated heterocycles. The van der Waals surface area contributed by atoms with Crippen molar-refractivity contribution in [3.8, 4) is 5.75 Å². The summed E-state index contributed by atoms with van der Waals surface area (Å²) in [5.41, 5.74) is 6.26. The Morgan fingerprint density at radius 3 is 2.75 bits per heavy atom. The quantitative estimate of drug-likeness (QED) is 0.710. The fourth-order valence-electron chi connectivity index (χ4n) is 1.05. The molecule has 0 amide bonds. The van der Waals surface area contributed by atoms with Crippen molar-refractivity contribution in [2.24, 2.45) is 5.73 Å². The number of nitrogens with two attached hydrogens (primary N) is 1. The van der Waals surface area contributed by atoms with Crippen molar-refractivity contribution >= 4 is 0 Å². The SMILES string of the molecule is CCC(N)c1ccc(F)cc1O. The van der Waals surface area contributed by atoms with Gasteiger partial charge in [0.15, 0.2) is 0 Å². The van der Waals surface area contributed by atoms with Gasteiger partial charge in [0.1, 0.15) is 11.6 Å². The maximum atomic E-state index is 12.5. The molecule has 0 radical (unpaired) electrons. The van der Waals surface area contributed by atoms with Gasteiger partial charge in [0, 0.05) is 17.7 Å². The predicted octanol–water partition coefficient (Wildman–Crippen LogP) is 1.94. The number of phenols is 1. The molecule has 0 fully saturated rings. The van der Waals surface area contributed by atoms with E-state index in [1.165, 1.54) is 12.1 Å². The highest BCUT2D eigenvalue weighted by Crippen LogP contribution is 2.24. The highest BCUT2D eigenvalue weighted by Gasteiger charge is 2.08. The lowest BCUT2D eigenvalue weighted by Crippen LogP contribution is -2.08. The molecule has 1 aromatic carbocycles. The summed E-state index contributed by atoms with van der Waals surface area (Å²) in [5, 5.41) is 9.27. The van der Waals surface area contributed by atoms with E-state index in [4.69, 9.17) is 5.73 Å². The summed E-state index contributed by atoms with van der Waals surface area (Å²) in [6, 6.07) is 3.67. The van der Waals surface area contributed by atoms with Crippen LogP contribution in [0.5, 0.6) is 5.75 Å². The maximum Gasteiger partial charge on any atom is 0.126 e. The highest BCUT2D eigenvalue weighted by atomic mass is 19.1. The zero-order chi connectivity index (χ0) is 9.14. The monoisotopic (exact) mass is 169 g/mol. The van der Waals surface area contributed by atoms with Gasteiger partial charge in [0.25, 0.3) is 0 Å². The highest BCUT2D eigenvalue weighted by molar-refractivity contribution is 5.34. The maximum absolute atomic E-state index is 12.5. The average Bonchev–Trinajstić information content (AvgIpc) is 2.03. The zero-order valence-corrected chi connectivity index (χ0v) is 6.92. The van der Waals surface area contributed by atoms with E-state index in [0.717, 1.165) is 12.5 Å². The smallest absolute Gasteiger partial charge is 0.126 e. The molecule has 0 aliphatic heterocycles. The summed E-state index contributed by atoms with van der Waals surface area (Å²) in [6.45, 7) is 1.91. The Bertz CT molecular complexity index is 275. The van der Waals surface area contributed by atoms with Gasteiger partial charge in [-0.05, 0) is 12.5 Å². The molecule has 1 rings (SSSR count). The molecule has 0 aromatic heterocycles. The average molecular weight is 169 g/mol. The van der Waals surface area contributed by atoms with Crippen LogP contribution >= 0.6 is 0 Å². The van der Waals surface area contributed by atoms with Crippen LogP contribution in [0.4, 0.5) is 4.39 Å². The third-order valence-electron chi connectivity index (χ3n) is 1.83. The predicted molar refractivity (Wildman–Crippen MR) is 45.3 cm³/mol. The standard InChI is InChI=1S/C9H12FNO/c1-2-8(11)7-4-3-6(10)5-9(7)12/h3-5,8,12H,2,11H2,1H3. The second kappa shape index (κ2) is 3.54. The molecule has 2 nitrogen and oxygen atoms in total. The molecule has 1 atom stereocenters. The summed E-state index contributed by atoms with van der Waals surface area (Å²) in [4.78, 5) is 0. The largest absolute Gasteiger partial charge is 0.508 e. The van der Waals surface area contributed by atoms with Crippen molar-refractivity contribution in [1.29, 1.82) is 0 Å². The number of aromatic hydroxyl groups is 1. The molecule has 0 spiro atoms. The van der Waals surface area contributed by atoms with Gasteiger partial charge in [-0.1, -0.05) is 13.0 Å². The van der Waals surface area contributed by atoms with Gasteiger partial charge in [-0.25, -0.2) is 4.39 Å². The Labute approximate surface area is 70.8 Å². The van der Waals surface area contributed by atoms with Crippen LogP contribution in [0, 0.1) is 5.82 Å². The van der Waals surface area contributed by atoms with Gasteiger partial charge < -0.3 is 10.8 Å². The molecule has 0 aliphatic carbocycles. The third-order valence-corrected chi connectivity index (χ3v) is 1.83. The second-order valence-corrected chi connectivity index (χ2v) is 2.72. The van der Waals surface area contributed by atoms with Crippen molar-refractivity contribution in [2.45, 2.75) is 19.4 Å². The molecule has 3 N–H and O–H groups in total. The molecule has 0 aliphatic rings. The number of hydrogen-bond donors (Lipinski definition) is 2. The van der Waals surface area contributed by atoms with Gasteiger partial charge in [-0.3, -0.25) is 0 Å². The summed E-state index contributed by atoms with van der Waals surface area (Å²) in [6.07, 6.45) is 0.721. The Morgan fingerprint density at radius 1 is 1.58 bits per heavy atom. The Kier molecular flexibility index (Phi) is 2.65. The number of halogens is 1. The summed E-state index contributed by atoms with van der Waals surface area (Å²) < 4.78 is 12.5. The zero-order valence-electron chi connectivity index (χ0n) is 6.92. The van der Waals surface area contributed by atoms with E-state index in [9.17, 15) is 9.50 Å². The van der Waals surface area contributed by atoms with Crippen LogP contribution in [0.3, 0.4) is 0 Å². The van der Waals surface area contributed by atoms with E-state index in [-0.39, 0.29) is 11.8 Å². The van der Waals surface area contributed by atoms with Crippen molar-refractivity contribution in [3.05, 3.63) is 29.6 Å². The molecule has 0 saturated carbocycles. The normalized spacial score (nSPS) is 12.9. The minimum atomic E-state index is -0.445. The molecule has 1 unspecified atom stereocenters. The van der Waals surface area contributed by atoms with Crippen LogP contribution < -0.4 is 5.73 Å². The number of rotatable bonds is 2. The topological polar surface area (TPSA) is 46.2 Å². The summed E-state index contributed by atoms with van der Waals surface area (Å²) >= 11 is 0. The molecule has 66 valence electrons. The van der Waals surface area contributed by atoms with Gasteiger partial charge in [-0.15, -0.1) is 0 Å². The Hall–Kier alpha value is -1.09. The van der Waals surface area contributed by atoms with Gasteiger partial charge in [-0.2, -0.15) is 0 Å².